The zero-order chi connectivity index (χ0) is 14.1. The van der Waals surface area contributed by atoms with Crippen LogP contribution in [-0.2, 0) is 5.41 Å². The van der Waals surface area contributed by atoms with Gasteiger partial charge in [0.2, 0.25) is 0 Å². The molecule has 0 saturated carbocycles. The van der Waals surface area contributed by atoms with Gasteiger partial charge in [-0.25, -0.2) is 0 Å². The molecule has 0 atom stereocenters. The minimum absolute atomic E-state index is 0.0391. The largest absolute Gasteiger partial charge is 0.381 e. The van der Waals surface area contributed by atoms with E-state index in [1.54, 1.807) is 0 Å². The van der Waals surface area contributed by atoms with Gasteiger partial charge in [0.15, 0.2) is 8.24 Å². The lowest BCUT2D eigenvalue weighted by atomic mass is 9.71. The van der Waals surface area contributed by atoms with E-state index in [1.165, 1.54) is 5.56 Å². The first-order valence-corrected chi connectivity index (χ1v) is 10.5. The molecule has 1 aliphatic rings. The summed E-state index contributed by atoms with van der Waals surface area (Å²) in [5.74, 6) is 0.547. The molecule has 1 heterocycles. The minimum Gasteiger partial charge on any atom is -0.381 e. The zero-order valence-corrected chi connectivity index (χ0v) is 13.7. The number of hydrogen-bond acceptors (Lipinski definition) is 1. The maximum atomic E-state index is 2.41. The van der Waals surface area contributed by atoms with Crippen molar-refractivity contribution in [3.63, 3.8) is 0 Å². The van der Waals surface area contributed by atoms with Gasteiger partial charge in [-0.05, 0) is 23.9 Å². The molecule has 0 amide bonds. The van der Waals surface area contributed by atoms with Gasteiger partial charge >= 0.3 is 0 Å². The topological polar surface area (TPSA) is 3.24 Å². The van der Waals surface area contributed by atoms with E-state index in [2.05, 4.69) is 92.9 Å². The van der Waals surface area contributed by atoms with E-state index in [1.807, 2.05) is 0 Å². The minimum atomic E-state index is -1.29. The normalized spacial score (nSPS) is 18.1. The Labute approximate surface area is 118 Å². The molecule has 2 rings (SSSR count). The van der Waals surface area contributed by atoms with Crippen molar-refractivity contribution in [2.45, 2.75) is 38.9 Å². The summed E-state index contributed by atoms with van der Waals surface area (Å²) in [6, 6.07) is 10.8. The van der Waals surface area contributed by atoms with Gasteiger partial charge in [-0.2, -0.15) is 0 Å². The summed E-state index contributed by atoms with van der Waals surface area (Å²) >= 11 is 0. The van der Waals surface area contributed by atoms with E-state index in [-0.39, 0.29) is 5.41 Å². The molecule has 0 radical (unpaired) electrons. The molecule has 0 unspecified atom stereocenters. The van der Waals surface area contributed by atoms with Gasteiger partial charge < -0.3 is 4.57 Å². The zero-order valence-electron chi connectivity index (χ0n) is 12.7. The van der Waals surface area contributed by atoms with Crippen LogP contribution in [-0.4, -0.2) is 12.8 Å². The molecule has 2 heteroatoms. The van der Waals surface area contributed by atoms with E-state index in [9.17, 15) is 0 Å². The fourth-order valence-electron chi connectivity index (χ4n) is 2.60. The number of rotatable bonds is 3. The highest BCUT2D eigenvalue weighted by atomic mass is 28.3. The Bertz CT molecular complexity index is 466. The van der Waals surface area contributed by atoms with Crippen LogP contribution < -0.4 is 0 Å². The summed E-state index contributed by atoms with van der Waals surface area (Å²) in [4.78, 5) is 0. The Hall–Kier alpha value is -1.28. The third-order valence-electron chi connectivity index (χ3n) is 4.03. The van der Waals surface area contributed by atoms with E-state index in [0.717, 1.165) is 0 Å². The van der Waals surface area contributed by atoms with Gasteiger partial charge in [0, 0.05) is 5.41 Å². The number of nitrogens with zero attached hydrogens (tertiary/aromatic N) is 1. The van der Waals surface area contributed by atoms with Crippen LogP contribution in [0.15, 0.2) is 54.9 Å². The van der Waals surface area contributed by atoms with Gasteiger partial charge in [-0.1, -0.05) is 76.0 Å². The average Bonchev–Trinajstić information content (AvgIpc) is 2.38. The molecule has 0 aromatic heterocycles. The molecule has 102 valence electrons. The maximum absolute atomic E-state index is 2.41. The van der Waals surface area contributed by atoms with E-state index in [0.29, 0.717) is 5.92 Å². The Kier molecular flexibility index (Phi) is 3.72. The summed E-state index contributed by atoms with van der Waals surface area (Å²) in [6.07, 6.45) is 9.34. The second-order valence-corrected chi connectivity index (χ2v) is 11.5. The van der Waals surface area contributed by atoms with Crippen LogP contribution in [0, 0.1) is 5.92 Å². The molecule has 1 aromatic rings. The monoisotopic (exact) mass is 271 g/mol. The predicted molar refractivity (Wildman–Crippen MR) is 86.4 cm³/mol. The quantitative estimate of drug-likeness (QED) is 0.717. The Morgan fingerprint density at radius 2 is 1.47 bits per heavy atom. The van der Waals surface area contributed by atoms with Crippen LogP contribution in [0.4, 0.5) is 0 Å². The van der Waals surface area contributed by atoms with Gasteiger partial charge in [0.25, 0.3) is 0 Å². The lowest BCUT2D eigenvalue weighted by molar-refractivity contribution is 0.450. The highest BCUT2D eigenvalue weighted by Crippen LogP contribution is 2.38. The van der Waals surface area contributed by atoms with Crippen molar-refractivity contribution in [3.05, 3.63) is 60.4 Å². The van der Waals surface area contributed by atoms with Crippen molar-refractivity contribution in [1.82, 2.24) is 4.57 Å². The van der Waals surface area contributed by atoms with Crippen LogP contribution in [0.2, 0.25) is 19.6 Å². The van der Waals surface area contributed by atoms with Crippen molar-refractivity contribution < 1.29 is 0 Å². The second kappa shape index (κ2) is 5.01. The van der Waals surface area contributed by atoms with E-state index < -0.39 is 8.24 Å². The van der Waals surface area contributed by atoms with E-state index in [4.69, 9.17) is 0 Å². The number of allylic oxidation sites excluding steroid dienone is 2. The fourth-order valence-corrected chi connectivity index (χ4v) is 3.64. The lowest BCUT2D eigenvalue weighted by Crippen LogP contribution is -2.42. The SMILES string of the molecule is CC(C)C1(c2ccccc2)C=CN([Si](C)(C)C)C=C1. The summed E-state index contributed by atoms with van der Waals surface area (Å²) in [7, 11) is -1.29. The van der Waals surface area contributed by atoms with Crippen LogP contribution in [0.5, 0.6) is 0 Å². The molecule has 0 saturated heterocycles. The molecule has 0 fully saturated rings. The van der Waals surface area contributed by atoms with Crippen molar-refractivity contribution in [2.24, 2.45) is 5.92 Å². The Morgan fingerprint density at radius 1 is 0.947 bits per heavy atom. The summed E-state index contributed by atoms with van der Waals surface area (Å²) in [5, 5.41) is 0. The summed E-state index contributed by atoms with van der Waals surface area (Å²) < 4.78 is 2.41. The van der Waals surface area contributed by atoms with Crippen molar-refractivity contribution in [3.8, 4) is 0 Å². The highest BCUT2D eigenvalue weighted by molar-refractivity contribution is 6.73. The fraction of sp³-hybridized carbons (Fsp3) is 0.412. The number of benzene rings is 1. The molecule has 0 N–H and O–H groups in total. The van der Waals surface area contributed by atoms with Gasteiger partial charge in [-0.3, -0.25) is 0 Å². The van der Waals surface area contributed by atoms with Crippen molar-refractivity contribution in [1.29, 1.82) is 0 Å². The average molecular weight is 271 g/mol. The standard InChI is InChI=1S/C17H25NSi/c1-15(2)17(16-9-7-6-8-10-16)11-13-18(14-12-17)19(3,4)5/h6-15H,1-5H3. The molecular weight excluding hydrogens is 246 g/mol. The summed E-state index contributed by atoms with van der Waals surface area (Å²) in [6.45, 7) is 11.7. The van der Waals surface area contributed by atoms with Gasteiger partial charge in [0.1, 0.15) is 0 Å². The van der Waals surface area contributed by atoms with Crippen molar-refractivity contribution in [2.75, 3.05) is 0 Å². The van der Waals surface area contributed by atoms with Crippen LogP contribution >= 0.6 is 0 Å². The third kappa shape index (κ3) is 2.69. The maximum Gasteiger partial charge on any atom is 0.152 e. The van der Waals surface area contributed by atoms with Gasteiger partial charge in [0.05, 0.1) is 0 Å². The molecule has 19 heavy (non-hydrogen) atoms. The van der Waals surface area contributed by atoms with Crippen LogP contribution in [0.25, 0.3) is 0 Å². The lowest BCUT2D eigenvalue weighted by Gasteiger charge is -2.40. The molecular formula is C17H25NSi. The van der Waals surface area contributed by atoms with Crippen LogP contribution in [0.3, 0.4) is 0 Å². The first-order chi connectivity index (χ1) is 8.86. The highest BCUT2D eigenvalue weighted by Gasteiger charge is 2.34. The van der Waals surface area contributed by atoms with Crippen molar-refractivity contribution >= 4 is 8.24 Å². The molecule has 0 bridgehead atoms. The first kappa shape index (κ1) is 14.1. The molecule has 1 aromatic carbocycles. The molecule has 0 spiro atoms. The molecule has 0 aliphatic carbocycles. The van der Waals surface area contributed by atoms with E-state index >= 15 is 0 Å². The van der Waals surface area contributed by atoms with Gasteiger partial charge in [-0.15, -0.1) is 0 Å². The first-order valence-electron chi connectivity index (χ1n) is 7.09. The molecule has 1 aliphatic heterocycles. The summed E-state index contributed by atoms with van der Waals surface area (Å²) in [5.41, 5.74) is 1.42. The predicted octanol–water partition coefficient (Wildman–Crippen LogP) is 4.76. The smallest absolute Gasteiger partial charge is 0.152 e. The third-order valence-corrected chi connectivity index (χ3v) is 5.87. The Morgan fingerprint density at radius 3 is 1.89 bits per heavy atom. The second-order valence-electron chi connectivity index (χ2n) is 6.66. The van der Waals surface area contributed by atoms with Crippen LogP contribution in [0.1, 0.15) is 19.4 Å². The Balaban J connectivity index is 2.39. The number of hydrogen-bond donors (Lipinski definition) is 0. The molecule has 1 nitrogen and oxygen atoms in total.